The van der Waals surface area contributed by atoms with Crippen molar-refractivity contribution in [3.8, 4) is 0 Å². The summed E-state index contributed by atoms with van der Waals surface area (Å²) in [6.07, 6.45) is 2.34. The average molecular weight is 344 g/mol. The van der Waals surface area contributed by atoms with E-state index >= 15 is 0 Å². The number of anilines is 2. The smallest absolute Gasteiger partial charge is 0.276 e. The van der Waals surface area contributed by atoms with Crippen LogP contribution in [0.1, 0.15) is 10.5 Å². The van der Waals surface area contributed by atoms with Gasteiger partial charge >= 0.3 is 0 Å². The van der Waals surface area contributed by atoms with Crippen LogP contribution < -0.4 is 16.6 Å². The lowest BCUT2D eigenvalue weighted by Crippen LogP contribution is -2.17. The van der Waals surface area contributed by atoms with Crippen LogP contribution in [0.25, 0.3) is 0 Å². The van der Waals surface area contributed by atoms with Gasteiger partial charge < -0.3 is 10.7 Å². The van der Waals surface area contributed by atoms with Gasteiger partial charge in [-0.3, -0.25) is 4.79 Å². The molecule has 0 aliphatic carbocycles. The van der Waals surface area contributed by atoms with Gasteiger partial charge in [0.05, 0.1) is 12.4 Å². The Balaban J connectivity index is 2.23. The number of nitrogens with two attached hydrogens (primary N) is 1. The Kier molecular flexibility index (Phi) is 4.20. The predicted molar refractivity (Wildman–Crippen MR) is 71.9 cm³/mol. The van der Waals surface area contributed by atoms with E-state index < -0.39 is 23.2 Å². The molecule has 0 aliphatic heterocycles. The Morgan fingerprint density at radius 3 is 2.35 bits per heavy atom. The van der Waals surface area contributed by atoms with Crippen molar-refractivity contribution in [1.29, 1.82) is 0 Å². The second kappa shape index (κ2) is 5.88. The summed E-state index contributed by atoms with van der Waals surface area (Å²) in [5.41, 5.74) is 1.58. The molecule has 9 heteroatoms. The van der Waals surface area contributed by atoms with E-state index in [4.69, 9.17) is 5.84 Å². The van der Waals surface area contributed by atoms with Crippen molar-refractivity contribution in [3.05, 3.63) is 46.3 Å². The molecule has 1 aromatic carbocycles. The lowest BCUT2D eigenvalue weighted by Gasteiger charge is -2.08. The fourth-order valence-corrected chi connectivity index (χ4v) is 1.76. The van der Waals surface area contributed by atoms with E-state index in [2.05, 4.69) is 36.6 Å². The van der Waals surface area contributed by atoms with Crippen molar-refractivity contribution in [3.63, 3.8) is 0 Å². The van der Waals surface area contributed by atoms with Crippen molar-refractivity contribution < 1.29 is 13.6 Å². The molecule has 1 aromatic heterocycles. The fraction of sp³-hybridized carbons (Fsp3) is 0. The summed E-state index contributed by atoms with van der Waals surface area (Å²) in [6, 6.07) is 2.07. The van der Waals surface area contributed by atoms with Gasteiger partial charge in [-0.1, -0.05) is 15.9 Å². The SMILES string of the molecule is NNc1cnc(C(=O)Nc2c(F)cc(Br)cc2F)cn1. The normalized spacial score (nSPS) is 10.2. The molecule has 0 aliphatic rings. The van der Waals surface area contributed by atoms with E-state index in [-0.39, 0.29) is 16.0 Å². The van der Waals surface area contributed by atoms with Crippen LogP contribution in [0.5, 0.6) is 0 Å². The molecule has 0 bridgehead atoms. The second-order valence-electron chi connectivity index (χ2n) is 3.63. The number of carbonyl (C=O) groups excluding carboxylic acids is 1. The Hall–Kier alpha value is -2.13. The van der Waals surface area contributed by atoms with Gasteiger partial charge in [0.1, 0.15) is 11.4 Å². The number of hydrogen-bond acceptors (Lipinski definition) is 5. The topological polar surface area (TPSA) is 92.9 Å². The average Bonchev–Trinajstić information content (AvgIpc) is 2.42. The zero-order valence-electron chi connectivity index (χ0n) is 9.82. The molecule has 0 saturated heterocycles. The van der Waals surface area contributed by atoms with E-state index in [1.807, 2.05) is 0 Å². The highest BCUT2D eigenvalue weighted by Gasteiger charge is 2.15. The number of hydrogen-bond donors (Lipinski definition) is 3. The minimum atomic E-state index is -0.904. The van der Waals surface area contributed by atoms with Gasteiger partial charge in [0.15, 0.2) is 17.5 Å². The standard InChI is InChI=1S/C11H8BrF2N5O/c12-5-1-6(13)10(7(14)2-5)18-11(20)8-3-17-9(19-15)4-16-8/h1-4H,15H2,(H,17,19)(H,18,20). The van der Waals surface area contributed by atoms with Crippen LogP contribution in [0.2, 0.25) is 0 Å². The lowest BCUT2D eigenvalue weighted by molar-refractivity contribution is 0.102. The maximum atomic E-state index is 13.6. The molecule has 0 saturated carbocycles. The van der Waals surface area contributed by atoms with E-state index in [1.54, 1.807) is 0 Å². The highest BCUT2D eigenvalue weighted by molar-refractivity contribution is 9.10. The highest BCUT2D eigenvalue weighted by Crippen LogP contribution is 2.24. The molecular weight excluding hydrogens is 336 g/mol. The zero-order valence-corrected chi connectivity index (χ0v) is 11.4. The molecule has 4 N–H and O–H groups in total. The number of aromatic nitrogens is 2. The molecule has 6 nitrogen and oxygen atoms in total. The minimum Gasteiger partial charge on any atom is -0.316 e. The summed E-state index contributed by atoms with van der Waals surface area (Å²) in [6.45, 7) is 0. The van der Waals surface area contributed by atoms with Crippen LogP contribution in [0.15, 0.2) is 29.0 Å². The highest BCUT2D eigenvalue weighted by atomic mass is 79.9. The molecule has 0 atom stereocenters. The fourth-order valence-electron chi connectivity index (χ4n) is 1.36. The van der Waals surface area contributed by atoms with E-state index in [0.29, 0.717) is 0 Å². The van der Waals surface area contributed by atoms with Gasteiger partial charge in [-0.25, -0.2) is 24.6 Å². The van der Waals surface area contributed by atoms with Crippen molar-refractivity contribution in [1.82, 2.24) is 9.97 Å². The Morgan fingerprint density at radius 1 is 1.20 bits per heavy atom. The molecule has 1 heterocycles. The van der Waals surface area contributed by atoms with Gasteiger partial charge in [-0.2, -0.15) is 0 Å². The third kappa shape index (κ3) is 3.06. The molecular formula is C11H8BrF2N5O. The van der Waals surface area contributed by atoms with Crippen LogP contribution >= 0.6 is 15.9 Å². The van der Waals surface area contributed by atoms with Gasteiger partial charge in [-0.05, 0) is 12.1 Å². The van der Waals surface area contributed by atoms with Crippen molar-refractivity contribution in [2.24, 2.45) is 5.84 Å². The molecule has 2 aromatic rings. The molecule has 20 heavy (non-hydrogen) atoms. The van der Waals surface area contributed by atoms with E-state index in [0.717, 1.165) is 18.3 Å². The molecule has 104 valence electrons. The number of amides is 1. The number of nitrogen functional groups attached to an aromatic ring is 1. The first-order valence-corrected chi connectivity index (χ1v) is 6.05. The third-order valence-corrected chi connectivity index (χ3v) is 2.74. The van der Waals surface area contributed by atoms with Gasteiger partial charge in [0.2, 0.25) is 0 Å². The van der Waals surface area contributed by atoms with Crippen LogP contribution in [0.3, 0.4) is 0 Å². The predicted octanol–water partition coefficient (Wildman–Crippen LogP) is 2.06. The number of nitrogens with one attached hydrogen (secondary N) is 2. The first-order valence-electron chi connectivity index (χ1n) is 5.26. The minimum absolute atomic E-state index is 0.106. The Labute approximate surface area is 120 Å². The Morgan fingerprint density at radius 2 is 1.85 bits per heavy atom. The number of rotatable bonds is 3. The monoisotopic (exact) mass is 343 g/mol. The lowest BCUT2D eigenvalue weighted by atomic mass is 10.2. The maximum Gasteiger partial charge on any atom is 0.276 e. The number of benzene rings is 1. The van der Waals surface area contributed by atoms with Crippen LogP contribution in [-0.2, 0) is 0 Å². The van der Waals surface area contributed by atoms with Crippen LogP contribution in [-0.4, -0.2) is 15.9 Å². The molecule has 0 radical (unpaired) electrons. The Bertz CT molecular complexity index is 627. The molecule has 2 rings (SSSR count). The first kappa shape index (κ1) is 14.3. The van der Waals surface area contributed by atoms with E-state index in [1.165, 1.54) is 6.20 Å². The van der Waals surface area contributed by atoms with Crippen molar-refractivity contribution in [2.75, 3.05) is 10.7 Å². The number of halogens is 3. The number of hydrazine groups is 1. The summed E-state index contributed by atoms with van der Waals surface area (Å²) >= 11 is 2.94. The summed E-state index contributed by atoms with van der Waals surface area (Å²) in [5, 5.41) is 2.10. The molecule has 0 unspecified atom stereocenters. The summed E-state index contributed by atoms with van der Waals surface area (Å²) in [4.78, 5) is 19.3. The molecule has 0 spiro atoms. The summed E-state index contributed by atoms with van der Waals surface area (Å²) in [5.74, 6) is 2.75. The summed E-state index contributed by atoms with van der Waals surface area (Å²) < 4.78 is 27.3. The maximum absolute atomic E-state index is 13.6. The van der Waals surface area contributed by atoms with Gasteiger partial charge in [-0.15, -0.1) is 0 Å². The largest absolute Gasteiger partial charge is 0.316 e. The van der Waals surface area contributed by atoms with Gasteiger partial charge in [0.25, 0.3) is 5.91 Å². The van der Waals surface area contributed by atoms with Crippen LogP contribution in [0, 0.1) is 11.6 Å². The van der Waals surface area contributed by atoms with Crippen molar-refractivity contribution in [2.45, 2.75) is 0 Å². The second-order valence-corrected chi connectivity index (χ2v) is 4.55. The number of carbonyl (C=O) groups is 1. The van der Waals surface area contributed by atoms with Gasteiger partial charge in [0, 0.05) is 4.47 Å². The summed E-state index contributed by atoms with van der Waals surface area (Å²) in [7, 11) is 0. The van der Waals surface area contributed by atoms with E-state index in [9.17, 15) is 13.6 Å². The van der Waals surface area contributed by atoms with Crippen LogP contribution in [0.4, 0.5) is 20.3 Å². The molecule has 0 fully saturated rings. The molecule has 1 amide bonds. The van der Waals surface area contributed by atoms with Crippen molar-refractivity contribution >= 4 is 33.3 Å². The quantitative estimate of drug-likeness (QED) is 0.585. The first-order chi connectivity index (χ1) is 9.51. The zero-order chi connectivity index (χ0) is 14.7. The third-order valence-electron chi connectivity index (χ3n) is 2.28. The number of nitrogens with zero attached hydrogens (tertiary/aromatic N) is 2.